The van der Waals surface area contributed by atoms with Crippen LogP contribution in [0.2, 0.25) is 0 Å². The van der Waals surface area contributed by atoms with Crippen LogP contribution in [0.25, 0.3) is 0 Å². The molecule has 0 bridgehead atoms. The topological polar surface area (TPSA) is 35.8 Å². The molecular weight excluding hydrogens is 228 g/mol. The molecule has 2 unspecified atom stereocenters. The van der Waals surface area contributed by atoms with Crippen LogP contribution < -0.4 is 5.32 Å². The van der Waals surface area contributed by atoms with E-state index in [9.17, 15) is 5.26 Å². The molecule has 3 heteroatoms. The van der Waals surface area contributed by atoms with Gasteiger partial charge >= 0.3 is 0 Å². The van der Waals surface area contributed by atoms with Crippen LogP contribution in [0, 0.1) is 17.2 Å². The lowest BCUT2D eigenvalue weighted by Gasteiger charge is -2.23. The van der Waals surface area contributed by atoms with E-state index in [0.29, 0.717) is 6.04 Å². The molecule has 1 saturated carbocycles. The average molecular weight is 254 g/mol. The van der Waals surface area contributed by atoms with Gasteiger partial charge in [0.2, 0.25) is 0 Å². The van der Waals surface area contributed by atoms with Gasteiger partial charge in [0.15, 0.2) is 0 Å². The summed E-state index contributed by atoms with van der Waals surface area (Å²) in [6.07, 6.45) is 5.89. The molecule has 17 heavy (non-hydrogen) atoms. The standard InChI is InChI=1S/C14H26N2S/c1-4-12(2)10-17-9-5-8-14(3,11-15)16-13-6-7-13/h12-13,16H,4-10H2,1-3H3. The molecule has 1 aliphatic rings. The van der Waals surface area contributed by atoms with Crippen molar-refractivity contribution in [2.45, 2.75) is 64.5 Å². The third-order valence-electron chi connectivity index (χ3n) is 3.41. The van der Waals surface area contributed by atoms with Crippen molar-refractivity contribution < 1.29 is 0 Å². The largest absolute Gasteiger partial charge is 0.297 e. The third-order valence-corrected chi connectivity index (χ3v) is 4.79. The average Bonchev–Trinajstić information content (AvgIpc) is 3.12. The summed E-state index contributed by atoms with van der Waals surface area (Å²) in [7, 11) is 0. The highest BCUT2D eigenvalue weighted by atomic mass is 32.2. The lowest BCUT2D eigenvalue weighted by Crippen LogP contribution is -2.42. The summed E-state index contributed by atoms with van der Waals surface area (Å²) >= 11 is 2.03. The van der Waals surface area contributed by atoms with Gasteiger partial charge in [0, 0.05) is 6.04 Å². The minimum atomic E-state index is -0.294. The Morgan fingerprint density at radius 1 is 1.53 bits per heavy atom. The summed E-state index contributed by atoms with van der Waals surface area (Å²) in [5.74, 6) is 3.27. The van der Waals surface area contributed by atoms with E-state index in [4.69, 9.17) is 0 Å². The molecule has 2 nitrogen and oxygen atoms in total. The Morgan fingerprint density at radius 2 is 2.24 bits per heavy atom. The molecule has 1 fully saturated rings. The van der Waals surface area contributed by atoms with Gasteiger partial charge in [-0.3, -0.25) is 5.32 Å². The lowest BCUT2D eigenvalue weighted by molar-refractivity contribution is 0.411. The molecule has 0 aromatic rings. The predicted octanol–water partition coefficient (Wildman–Crippen LogP) is 3.58. The highest BCUT2D eigenvalue weighted by Gasteiger charge is 2.31. The molecule has 0 spiro atoms. The molecule has 0 amide bonds. The van der Waals surface area contributed by atoms with Crippen molar-refractivity contribution in [2.24, 2.45) is 5.92 Å². The fourth-order valence-electron chi connectivity index (χ4n) is 1.77. The second-order valence-electron chi connectivity index (χ2n) is 5.55. The van der Waals surface area contributed by atoms with Crippen molar-refractivity contribution in [3.05, 3.63) is 0 Å². The van der Waals surface area contributed by atoms with Crippen molar-refractivity contribution in [3.63, 3.8) is 0 Å². The van der Waals surface area contributed by atoms with Crippen LogP contribution in [-0.2, 0) is 0 Å². The normalized spacial score (nSPS) is 20.6. The van der Waals surface area contributed by atoms with E-state index < -0.39 is 0 Å². The van der Waals surface area contributed by atoms with Gasteiger partial charge in [-0.25, -0.2) is 0 Å². The SMILES string of the molecule is CCC(C)CSCCCC(C)(C#N)NC1CC1. The molecule has 1 rings (SSSR count). The van der Waals surface area contributed by atoms with Crippen molar-refractivity contribution >= 4 is 11.8 Å². The van der Waals surface area contributed by atoms with Crippen LogP contribution >= 0.6 is 11.8 Å². The summed E-state index contributed by atoms with van der Waals surface area (Å²) in [4.78, 5) is 0. The summed E-state index contributed by atoms with van der Waals surface area (Å²) in [6, 6.07) is 3.06. The maximum atomic E-state index is 9.23. The van der Waals surface area contributed by atoms with E-state index in [1.54, 1.807) is 0 Å². The number of rotatable bonds is 9. The summed E-state index contributed by atoms with van der Waals surface area (Å²) in [5, 5.41) is 12.7. The minimum absolute atomic E-state index is 0.294. The van der Waals surface area contributed by atoms with Crippen molar-refractivity contribution in [1.29, 1.82) is 5.26 Å². The van der Waals surface area contributed by atoms with Gasteiger partial charge in [0.1, 0.15) is 5.54 Å². The fourth-order valence-corrected chi connectivity index (χ4v) is 2.92. The van der Waals surface area contributed by atoms with Gasteiger partial charge in [-0.1, -0.05) is 20.3 Å². The van der Waals surface area contributed by atoms with Crippen molar-refractivity contribution in [2.75, 3.05) is 11.5 Å². The zero-order valence-corrected chi connectivity index (χ0v) is 12.3. The van der Waals surface area contributed by atoms with Gasteiger partial charge in [-0.2, -0.15) is 17.0 Å². The number of hydrogen-bond donors (Lipinski definition) is 1. The number of thioether (sulfide) groups is 1. The van der Waals surface area contributed by atoms with E-state index in [-0.39, 0.29) is 5.54 Å². The highest BCUT2D eigenvalue weighted by molar-refractivity contribution is 7.99. The molecule has 0 aromatic heterocycles. The Morgan fingerprint density at radius 3 is 2.76 bits per heavy atom. The first-order valence-corrected chi connectivity index (χ1v) is 8.02. The zero-order chi connectivity index (χ0) is 12.7. The van der Waals surface area contributed by atoms with Crippen LogP contribution in [0.3, 0.4) is 0 Å². The zero-order valence-electron chi connectivity index (χ0n) is 11.5. The van der Waals surface area contributed by atoms with Gasteiger partial charge in [-0.15, -0.1) is 0 Å². The van der Waals surface area contributed by atoms with Gasteiger partial charge in [-0.05, 0) is 50.0 Å². The smallest absolute Gasteiger partial charge is 0.104 e. The number of nitrogens with one attached hydrogen (secondary N) is 1. The summed E-state index contributed by atoms with van der Waals surface area (Å²) < 4.78 is 0. The minimum Gasteiger partial charge on any atom is -0.297 e. The first kappa shape index (κ1) is 14.9. The number of nitriles is 1. The fraction of sp³-hybridized carbons (Fsp3) is 0.929. The van der Waals surface area contributed by atoms with Gasteiger partial charge in [0.25, 0.3) is 0 Å². The second-order valence-corrected chi connectivity index (χ2v) is 6.70. The molecule has 0 aliphatic heterocycles. The van der Waals surface area contributed by atoms with E-state index in [2.05, 4.69) is 25.2 Å². The van der Waals surface area contributed by atoms with Gasteiger partial charge < -0.3 is 0 Å². The maximum absolute atomic E-state index is 9.23. The molecule has 98 valence electrons. The van der Waals surface area contributed by atoms with E-state index in [1.807, 2.05) is 18.7 Å². The first-order chi connectivity index (χ1) is 8.09. The molecular formula is C14H26N2S. The van der Waals surface area contributed by atoms with Crippen molar-refractivity contribution in [1.82, 2.24) is 5.32 Å². The summed E-state index contributed by atoms with van der Waals surface area (Å²) in [5.41, 5.74) is -0.294. The highest BCUT2D eigenvalue weighted by Crippen LogP contribution is 2.25. The predicted molar refractivity (Wildman–Crippen MR) is 76.2 cm³/mol. The van der Waals surface area contributed by atoms with Crippen LogP contribution in [0.15, 0.2) is 0 Å². The lowest BCUT2D eigenvalue weighted by atomic mass is 9.98. The molecule has 1 aliphatic carbocycles. The molecule has 0 heterocycles. The van der Waals surface area contributed by atoms with Gasteiger partial charge in [0.05, 0.1) is 6.07 Å². The Hall–Kier alpha value is -0.200. The quantitative estimate of drug-likeness (QED) is 0.639. The Balaban J connectivity index is 2.09. The van der Waals surface area contributed by atoms with Crippen LogP contribution in [0.1, 0.15) is 52.9 Å². The molecule has 1 N–H and O–H groups in total. The number of hydrogen-bond acceptors (Lipinski definition) is 3. The van der Waals surface area contributed by atoms with Crippen LogP contribution in [0.4, 0.5) is 0 Å². The van der Waals surface area contributed by atoms with E-state index in [1.165, 1.54) is 30.8 Å². The van der Waals surface area contributed by atoms with Crippen molar-refractivity contribution in [3.8, 4) is 6.07 Å². The van der Waals surface area contributed by atoms with Crippen LogP contribution in [0.5, 0.6) is 0 Å². The van der Waals surface area contributed by atoms with E-state index in [0.717, 1.165) is 18.8 Å². The molecule has 0 radical (unpaired) electrons. The maximum Gasteiger partial charge on any atom is 0.104 e. The Labute approximate surface area is 111 Å². The Kier molecular flexibility index (Phi) is 6.37. The second kappa shape index (κ2) is 7.28. The third kappa shape index (κ3) is 6.33. The molecule has 0 aromatic carbocycles. The van der Waals surface area contributed by atoms with E-state index >= 15 is 0 Å². The molecule has 0 saturated heterocycles. The summed E-state index contributed by atoms with van der Waals surface area (Å²) in [6.45, 7) is 6.60. The monoisotopic (exact) mass is 254 g/mol. The first-order valence-electron chi connectivity index (χ1n) is 6.86. The van der Waals surface area contributed by atoms with Crippen LogP contribution in [-0.4, -0.2) is 23.1 Å². The Bertz CT molecular complexity index is 257. The number of nitrogens with zero attached hydrogens (tertiary/aromatic N) is 1. The molecule has 2 atom stereocenters.